The molecule has 1 heterocycles. The van der Waals surface area contributed by atoms with Gasteiger partial charge < -0.3 is 5.32 Å². The fraction of sp³-hybridized carbons (Fsp3) is 0.667. The molecule has 1 N–H and O–H groups in total. The Morgan fingerprint density at radius 3 is 2.72 bits per heavy atom. The standard InChI is InChI=1S/C15H27N3/c1-5-9-16-15-11-14(8-10-17-15)12-18(7-3)13(4)6-2/h8,10-11,13H,5-7,9,12H2,1-4H3,(H,16,17). The van der Waals surface area contributed by atoms with Crippen LogP contribution in [0.1, 0.15) is 46.1 Å². The van der Waals surface area contributed by atoms with Gasteiger partial charge in [-0.2, -0.15) is 0 Å². The molecule has 0 aliphatic carbocycles. The number of anilines is 1. The van der Waals surface area contributed by atoms with E-state index >= 15 is 0 Å². The van der Waals surface area contributed by atoms with Crippen molar-refractivity contribution in [1.82, 2.24) is 9.88 Å². The van der Waals surface area contributed by atoms with Crippen LogP contribution in [0.2, 0.25) is 0 Å². The molecule has 1 aromatic rings. The van der Waals surface area contributed by atoms with Crippen molar-refractivity contribution in [3.63, 3.8) is 0 Å². The molecule has 0 saturated carbocycles. The lowest BCUT2D eigenvalue weighted by Gasteiger charge is -2.27. The third kappa shape index (κ3) is 4.65. The van der Waals surface area contributed by atoms with Crippen LogP contribution in [0, 0.1) is 0 Å². The van der Waals surface area contributed by atoms with Gasteiger partial charge in [-0.15, -0.1) is 0 Å². The molecule has 3 nitrogen and oxygen atoms in total. The number of pyridine rings is 1. The van der Waals surface area contributed by atoms with Crippen molar-refractivity contribution >= 4 is 5.82 Å². The van der Waals surface area contributed by atoms with Gasteiger partial charge in [-0.1, -0.05) is 20.8 Å². The van der Waals surface area contributed by atoms with Crippen molar-refractivity contribution in [2.75, 3.05) is 18.4 Å². The lowest BCUT2D eigenvalue weighted by molar-refractivity contribution is 0.206. The molecule has 0 amide bonds. The molecular formula is C15H27N3. The molecule has 0 aliphatic rings. The quantitative estimate of drug-likeness (QED) is 0.764. The van der Waals surface area contributed by atoms with Gasteiger partial charge >= 0.3 is 0 Å². The van der Waals surface area contributed by atoms with Gasteiger partial charge in [-0.05, 0) is 44.0 Å². The predicted molar refractivity (Wildman–Crippen MR) is 78.9 cm³/mol. The van der Waals surface area contributed by atoms with Crippen LogP contribution in [0.4, 0.5) is 5.82 Å². The van der Waals surface area contributed by atoms with Crippen LogP contribution in [-0.4, -0.2) is 29.0 Å². The van der Waals surface area contributed by atoms with E-state index in [4.69, 9.17) is 0 Å². The van der Waals surface area contributed by atoms with Gasteiger partial charge in [-0.3, -0.25) is 4.90 Å². The number of hydrogen-bond donors (Lipinski definition) is 1. The van der Waals surface area contributed by atoms with Crippen LogP contribution in [0.25, 0.3) is 0 Å². The molecule has 0 fully saturated rings. The van der Waals surface area contributed by atoms with Crippen LogP contribution in [-0.2, 0) is 6.54 Å². The second-order valence-corrected chi connectivity index (χ2v) is 4.80. The van der Waals surface area contributed by atoms with E-state index in [0.29, 0.717) is 6.04 Å². The van der Waals surface area contributed by atoms with Crippen molar-refractivity contribution in [2.45, 2.75) is 53.1 Å². The number of hydrogen-bond acceptors (Lipinski definition) is 3. The first-order valence-corrected chi connectivity index (χ1v) is 7.14. The molecule has 1 rings (SSSR count). The van der Waals surface area contributed by atoms with Gasteiger partial charge in [0, 0.05) is 25.3 Å². The average molecular weight is 249 g/mol. The minimum absolute atomic E-state index is 0.634. The summed E-state index contributed by atoms with van der Waals surface area (Å²) < 4.78 is 0. The van der Waals surface area contributed by atoms with Crippen molar-refractivity contribution in [2.24, 2.45) is 0 Å². The van der Waals surface area contributed by atoms with E-state index in [-0.39, 0.29) is 0 Å². The molecule has 0 saturated heterocycles. The van der Waals surface area contributed by atoms with E-state index < -0.39 is 0 Å². The van der Waals surface area contributed by atoms with Crippen LogP contribution < -0.4 is 5.32 Å². The molecule has 0 aliphatic heterocycles. The van der Waals surface area contributed by atoms with Gasteiger partial charge in [-0.25, -0.2) is 4.98 Å². The summed E-state index contributed by atoms with van der Waals surface area (Å²) in [5.41, 5.74) is 1.34. The molecular weight excluding hydrogens is 222 g/mol. The highest BCUT2D eigenvalue weighted by atomic mass is 15.1. The number of rotatable bonds is 8. The summed E-state index contributed by atoms with van der Waals surface area (Å²) in [6.07, 6.45) is 4.22. The zero-order chi connectivity index (χ0) is 13.4. The summed E-state index contributed by atoms with van der Waals surface area (Å²) in [6.45, 7) is 12.0. The third-order valence-electron chi connectivity index (χ3n) is 3.39. The minimum atomic E-state index is 0.634. The van der Waals surface area contributed by atoms with E-state index in [1.807, 2.05) is 6.20 Å². The molecule has 18 heavy (non-hydrogen) atoms. The Morgan fingerprint density at radius 1 is 1.33 bits per heavy atom. The first kappa shape index (κ1) is 15.0. The zero-order valence-corrected chi connectivity index (χ0v) is 12.2. The Morgan fingerprint density at radius 2 is 2.11 bits per heavy atom. The summed E-state index contributed by atoms with van der Waals surface area (Å²) in [7, 11) is 0. The molecule has 3 heteroatoms. The summed E-state index contributed by atoms with van der Waals surface area (Å²) in [6, 6.07) is 4.92. The van der Waals surface area contributed by atoms with Crippen molar-refractivity contribution < 1.29 is 0 Å². The molecule has 0 aromatic carbocycles. The maximum atomic E-state index is 4.35. The Hall–Kier alpha value is -1.09. The number of nitrogens with one attached hydrogen (secondary N) is 1. The average Bonchev–Trinajstić information content (AvgIpc) is 2.42. The van der Waals surface area contributed by atoms with E-state index in [9.17, 15) is 0 Å². The fourth-order valence-corrected chi connectivity index (χ4v) is 1.99. The Balaban J connectivity index is 2.65. The van der Waals surface area contributed by atoms with Crippen LogP contribution >= 0.6 is 0 Å². The van der Waals surface area contributed by atoms with Crippen molar-refractivity contribution in [3.8, 4) is 0 Å². The molecule has 1 atom stereocenters. The van der Waals surface area contributed by atoms with Crippen molar-refractivity contribution in [1.29, 1.82) is 0 Å². The van der Waals surface area contributed by atoms with Crippen LogP contribution in [0.5, 0.6) is 0 Å². The fourth-order valence-electron chi connectivity index (χ4n) is 1.99. The summed E-state index contributed by atoms with van der Waals surface area (Å²) in [5, 5.41) is 3.34. The van der Waals surface area contributed by atoms with Crippen LogP contribution in [0.3, 0.4) is 0 Å². The first-order chi connectivity index (χ1) is 8.71. The second kappa shape index (κ2) is 8.09. The van der Waals surface area contributed by atoms with Crippen molar-refractivity contribution in [3.05, 3.63) is 23.9 Å². The summed E-state index contributed by atoms with van der Waals surface area (Å²) in [4.78, 5) is 6.84. The summed E-state index contributed by atoms with van der Waals surface area (Å²) in [5.74, 6) is 0.995. The number of nitrogens with zero attached hydrogens (tertiary/aromatic N) is 2. The minimum Gasteiger partial charge on any atom is -0.370 e. The first-order valence-electron chi connectivity index (χ1n) is 7.14. The summed E-state index contributed by atoms with van der Waals surface area (Å²) >= 11 is 0. The Kier molecular flexibility index (Phi) is 6.73. The Bertz CT molecular complexity index is 338. The third-order valence-corrected chi connectivity index (χ3v) is 3.39. The smallest absolute Gasteiger partial charge is 0.126 e. The largest absolute Gasteiger partial charge is 0.370 e. The Labute approximate surface area is 112 Å². The maximum Gasteiger partial charge on any atom is 0.126 e. The molecule has 0 bridgehead atoms. The topological polar surface area (TPSA) is 28.2 Å². The van der Waals surface area contributed by atoms with E-state index in [0.717, 1.165) is 31.9 Å². The molecule has 1 unspecified atom stereocenters. The normalized spacial score (nSPS) is 12.7. The second-order valence-electron chi connectivity index (χ2n) is 4.80. The molecule has 0 radical (unpaired) electrons. The predicted octanol–water partition coefficient (Wildman–Crippen LogP) is 3.52. The lowest BCUT2D eigenvalue weighted by atomic mass is 10.1. The zero-order valence-electron chi connectivity index (χ0n) is 12.2. The monoisotopic (exact) mass is 249 g/mol. The SMILES string of the molecule is CCCNc1cc(CN(CC)C(C)CC)ccn1. The highest BCUT2D eigenvalue weighted by molar-refractivity contribution is 5.37. The van der Waals surface area contributed by atoms with Gasteiger partial charge in [0.2, 0.25) is 0 Å². The van der Waals surface area contributed by atoms with Crippen LogP contribution in [0.15, 0.2) is 18.3 Å². The lowest BCUT2D eigenvalue weighted by Crippen LogP contribution is -2.31. The van der Waals surface area contributed by atoms with Gasteiger partial charge in [0.05, 0.1) is 0 Å². The highest BCUT2D eigenvalue weighted by Gasteiger charge is 2.10. The molecule has 0 spiro atoms. The maximum absolute atomic E-state index is 4.35. The van der Waals surface area contributed by atoms with E-state index in [1.165, 1.54) is 12.0 Å². The molecule has 1 aromatic heterocycles. The molecule has 102 valence electrons. The van der Waals surface area contributed by atoms with Gasteiger partial charge in [0.15, 0.2) is 0 Å². The van der Waals surface area contributed by atoms with Gasteiger partial charge in [0.25, 0.3) is 0 Å². The van der Waals surface area contributed by atoms with E-state index in [1.54, 1.807) is 0 Å². The van der Waals surface area contributed by atoms with E-state index in [2.05, 4.69) is 55.0 Å². The number of aromatic nitrogens is 1. The van der Waals surface area contributed by atoms with Gasteiger partial charge in [0.1, 0.15) is 5.82 Å². The highest BCUT2D eigenvalue weighted by Crippen LogP contribution is 2.12.